The zero-order chi connectivity index (χ0) is 14.5. The summed E-state index contributed by atoms with van der Waals surface area (Å²) in [7, 11) is 0. The first-order valence-corrected chi connectivity index (χ1v) is 8.32. The van der Waals surface area contributed by atoms with E-state index in [-0.39, 0.29) is 17.9 Å². The van der Waals surface area contributed by atoms with Gasteiger partial charge in [-0.1, -0.05) is 13.8 Å². The molecule has 1 saturated heterocycles. The van der Waals surface area contributed by atoms with Crippen molar-refractivity contribution in [3.05, 3.63) is 0 Å². The quantitative estimate of drug-likeness (QED) is 0.805. The monoisotopic (exact) mass is 281 g/mol. The number of rotatable bonds is 5. The normalized spacial score (nSPS) is 33.0. The Morgan fingerprint density at radius 1 is 1.35 bits per heavy atom. The van der Waals surface area contributed by atoms with Gasteiger partial charge in [-0.15, -0.1) is 0 Å². The summed E-state index contributed by atoms with van der Waals surface area (Å²) in [6.45, 7) is 8.79. The molecule has 0 radical (unpaired) electrons. The number of likely N-dealkylation sites (tertiary alicyclic amines) is 1. The first-order chi connectivity index (χ1) is 9.56. The average Bonchev–Trinajstić information content (AvgIpc) is 2.91. The zero-order valence-corrected chi connectivity index (χ0v) is 13.1. The van der Waals surface area contributed by atoms with E-state index in [0.717, 1.165) is 32.4 Å². The third-order valence-corrected chi connectivity index (χ3v) is 4.90. The highest BCUT2D eigenvalue weighted by atomic mass is 16.1. The summed E-state index contributed by atoms with van der Waals surface area (Å²) in [6, 6.07) is 0.0556. The van der Waals surface area contributed by atoms with E-state index in [0.29, 0.717) is 11.8 Å². The first-order valence-electron chi connectivity index (χ1n) is 8.32. The molecule has 4 atom stereocenters. The molecule has 0 bridgehead atoms. The molecule has 1 aliphatic heterocycles. The third kappa shape index (κ3) is 4.45. The Morgan fingerprint density at radius 2 is 2.05 bits per heavy atom. The molecular weight excluding hydrogens is 250 g/mol. The topological polar surface area (TPSA) is 58.4 Å². The minimum Gasteiger partial charge on any atom is -0.355 e. The molecule has 4 heteroatoms. The van der Waals surface area contributed by atoms with Gasteiger partial charge < -0.3 is 16.0 Å². The minimum absolute atomic E-state index is 0.0257. The van der Waals surface area contributed by atoms with E-state index in [1.165, 1.54) is 25.9 Å². The maximum atomic E-state index is 12.3. The highest BCUT2D eigenvalue weighted by molar-refractivity contribution is 5.79. The maximum absolute atomic E-state index is 12.3. The number of nitrogens with two attached hydrogens (primary N) is 1. The van der Waals surface area contributed by atoms with Gasteiger partial charge in [0.05, 0.1) is 5.92 Å². The summed E-state index contributed by atoms with van der Waals surface area (Å²) in [5.41, 5.74) is 6.11. The largest absolute Gasteiger partial charge is 0.355 e. The molecule has 1 aliphatic carbocycles. The van der Waals surface area contributed by atoms with Crippen molar-refractivity contribution in [2.75, 3.05) is 26.2 Å². The zero-order valence-electron chi connectivity index (χ0n) is 13.1. The van der Waals surface area contributed by atoms with Crippen LogP contribution in [0.15, 0.2) is 0 Å². The van der Waals surface area contributed by atoms with Crippen molar-refractivity contribution in [2.45, 2.75) is 52.0 Å². The fourth-order valence-corrected chi connectivity index (χ4v) is 3.58. The Labute approximate surface area is 123 Å². The lowest BCUT2D eigenvalue weighted by atomic mass is 9.78. The van der Waals surface area contributed by atoms with Crippen molar-refractivity contribution >= 4 is 5.91 Å². The molecule has 4 unspecified atom stereocenters. The lowest BCUT2D eigenvalue weighted by Crippen LogP contribution is -2.46. The molecule has 4 nitrogen and oxygen atoms in total. The second-order valence-electron chi connectivity index (χ2n) is 7.05. The van der Waals surface area contributed by atoms with Crippen LogP contribution in [0.4, 0.5) is 0 Å². The summed E-state index contributed by atoms with van der Waals surface area (Å²) in [6.07, 6.45) is 5.76. The van der Waals surface area contributed by atoms with Crippen LogP contribution in [-0.2, 0) is 4.79 Å². The number of carbonyl (C=O) groups is 1. The Balaban J connectivity index is 1.70. The smallest absolute Gasteiger partial charge is 0.224 e. The first kappa shape index (κ1) is 15.8. The highest BCUT2D eigenvalue weighted by Crippen LogP contribution is 2.28. The van der Waals surface area contributed by atoms with Crippen LogP contribution in [0.2, 0.25) is 0 Å². The molecule has 2 fully saturated rings. The fourth-order valence-electron chi connectivity index (χ4n) is 3.58. The number of hydrogen-bond acceptors (Lipinski definition) is 3. The average molecular weight is 281 g/mol. The van der Waals surface area contributed by atoms with Crippen molar-refractivity contribution in [3.63, 3.8) is 0 Å². The molecule has 20 heavy (non-hydrogen) atoms. The Morgan fingerprint density at radius 3 is 2.75 bits per heavy atom. The van der Waals surface area contributed by atoms with Crippen LogP contribution < -0.4 is 11.1 Å². The Bertz CT molecular complexity index is 315. The summed E-state index contributed by atoms with van der Waals surface area (Å²) in [4.78, 5) is 14.8. The van der Waals surface area contributed by atoms with E-state index in [9.17, 15) is 4.79 Å². The molecule has 2 aliphatic rings. The summed E-state index contributed by atoms with van der Waals surface area (Å²) < 4.78 is 0. The molecule has 3 N–H and O–H groups in total. The lowest BCUT2D eigenvalue weighted by molar-refractivity contribution is -0.127. The molecular formula is C16H31N3O. The molecule has 0 spiro atoms. The van der Waals surface area contributed by atoms with E-state index in [2.05, 4.69) is 24.1 Å². The van der Waals surface area contributed by atoms with Crippen LogP contribution in [0.25, 0.3) is 0 Å². The second kappa shape index (κ2) is 7.41. The van der Waals surface area contributed by atoms with Crippen molar-refractivity contribution in [1.82, 2.24) is 10.2 Å². The number of nitrogens with one attached hydrogen (secondary N) is 1. The Hall–Kier alpha value is -0.610. The van der Waals surface area contributed by atoms with Gasteiger partial charge in [0.25, 0.3) is 0 Å². The molecule has 1 heterocycles. The van der Waals surface area contributed by atoms with E-state index >= 15 is 0 Å². The number of hydrogen-bond donors (Lipinski definition) is 2. The van der Waals surface area contributed by atoms with Gasteiger partial charge in [0, 0.05) is 19.1 Å². The van der Waals surface area contributed by atoms with Crippen molar-refractivity contribution in [3.8, 4) is 0 Å². The van der Waals surface area contributed by atoms with E-state index in [1.54, 1.807) is 0 Å². The lowest BCUT2D eigenvalue weighted by Gasteiger charge is -2.32. The standard InChI is InChI=1S/C16H31N3O/c1-12-5-6-15(17)14(9-12)16(20)18-10-13(2)11-19-7-3-4-8-19/h12-15H,3-11,17H2,1-2H3,(H,18,20). The molecule has 0 aromatic rings. The minimum atomic E-state index is 0.0257. The van der Waals surface area contributed by atoms with Crippen LogP contribution in [0.1, 0.15) is 46.0 Å². The van der Waals surface area contributed by atoms with Crippen LogP contribution >= 0.6 is 0 Å². The molecule has 0 aromatic carbocycles. The van der Waals surface area contributed by atoms with Gasteiger partial charge in [-0.3, -0.25) is 4.79 Å². The number of carbonyl (C=O) groups excluding carboxylic acids is 1. The Kier molecular flexibility index (Phi) is 5.85. The van der Waals surface area contributed by atoms with E-state index in [1.807, 2.05) is 0 Å². The molecule has 2 rings (SSSR count). The maximum Gasteiger partial charge on any atom is 0.224 e. The fraction of sp³-hybridized carbons (Fsp3) is 0.938. The van der Waals surface area contributed by atoms with E-state index < -0.39 is 0 Å². The van der Waals surface area contributed by atoms with E-state index in [4.69, 9.17) is 5.73 Å². The van der Waals surface area contributed by atoms with Crippen LogP contribution in [0.5, 0.6) is 0 Å². The van der Waals surface area contributed by atoms with Gasteiger partial charge in [0.15, 0.2) is 0 Å². The third-order valence-electron chi connectivity index (χ3n) is 4.90. The van der Waals surface area contributed by atoms with Gasteiger partial charge in [-0.2, -0.15) is 0 Å². The summed E-state index contributed by atoms with van der Waals surface area (Å²) in [5.74, 6) is 1.36. The van der Waals surface area contributed by atoms with Gasteiger partial charge >= 0.3 is 0 Å². The van der Waals surface area contributed by atoms with Gasteiger partial charge in [0.1, 0.15) is 0 Å². The highest BCUT2D eigenvalue weighted by Gasteiger charge is 2.31. The van der Waals surface area contributed by atoms with Crippen LogP contribution in [-0.4, -0.2) is 43.0 Å². The summed E-state index contributed by atoms with van der Waals surface area (Å²) >= 11 is 0. The molecule has 1 saturated carbocycles. The van der Waals surface area contributed by atoms with Gasteiger partial charge in [0.2, 0.25) is 5.91 Å². The molecule has 116 valence electrons. The van der Waals surface area contributed by atoms with Gasteiger partial charge in [-0.05, 0) is 57.0 Å². The van der Waals surface area contributed by atoms with Crippen LogP contribution in [0.3, 0.4) is 0 Å². The molecule has 1 amide bonds. The summed E-state index contributed by atoms with van der Waals surface area (Å²) in [5, 5.41) is 3.13. The van der Waals surface area contributed by atoms with Crippen molar-refractivity contribution in [2.24, 2.45) is 23.5 Å². The second-order valence-corrected chi connectivity index (χ2v) is 7.05. The van der Waals surface area contributed by atoms with Crippen molar-refractivity contribution < 1.29 is 4.79 Å². The SMILES string of the molecule is CC1CCC(N)C(C(=O)NCC(C)CN2CCCC2)C1. The molecule has 0 aromatic heterocycles. The van der Waals surface area contributed by atoms with Gasteiger partial charge in [-0.25, -0.2) is 0 Å². The predicted molar refractivity (Wildman–Crippen MR) is 82.3 cm³/mol. The number of nitrogens with zero attached hydrogens (tertiary/aromatic N) is 1. The van der Waals surface area contributed by atoms with Crippen molar-refractivity contribution in [1.29, 1.82) is 0 Å². The van der Waals surface area contributed by atoms with Crippen LogP contribution in [0, 0.1) is 17.8 Å². The predicted octanol–water partition coefficient (Wildman–Crippen LogP) is 1.60. The number of amides is 1.